The Balaban J connectivity index is 1.91. The van der Waals surface area contributed by atoms with Crippen LogP contribution < -0.4 is 5.32 Å². The van der Waals surface area contributed by atoms with E-state index in [-0.39, 0.29) is 0 Å². The van der Waals surface area contributed by atoms with Crippen LogP contribution >= 0.6 is 11.8 Å². The first-order valence-electron chi connectivity index (χ1n) is 9.13. The summed E-state index contributed by atoms with van der Waals surface area (Å²) in [5, 5.41) is 3.84. The first-order valence-corrected chi connectivity index (χ1v) is 10.1. The maximum absolute atomic E-state index is 3.84. The summed E-state index contributed by atoms with van der Waals surface area (Å²) < 4.78 is 0.448. The van der Waals surface area contributed by atoms with Crippen molar-refractivity contribution in [1.82, 2.24) is 10.2 Å². The fourth-order valence-corrected chi connectivity index (χ4v) is 5.31. The minimum atomic E-state index is 0.448. The predicted octanol–water partition coefficient (Wildman–Crippen LogP) is 4.01. The molecule has 1 aliphatic heterocycles. The van der Waals surface area contributed by atoms with E-state index in [1.807, 2.05) is 0 Å². The fourth-order valence-electron chi connectivity index (χ4n) is 4.13. The van der Waals surface area contributed by atoms with E-state index in [0.29, 0.717) is 4.75 Å². The van der Waals surface area contributed by atoms with Crippen LogP contribution in [-0.4, -0.2) is 47.6 Å². The van der Waals surface area contributed by atoms with Gasteiger partial charge in [-0.05, 0) is 57.9 Å². The highest BCUT2D eigenvalue weighted by molar-refractivity contribution is 8.00. The van der Waals surface area contributed by atoms with Crippen molar-refractivity contribution in [2.45, 2.75) is 70.6 Å². The maximum Gasteiger partial charge on any atom is 0.0231 e. The monoisotopic (exact) mass is 312 g/mol. The highest BCUT2D eigenvalue weighted by atomic mass is 32.2. The first-order chi connectivity index (χ1) is 10.0. The van der Waals surface area contributed by atoms with Crippen molar-refractivity contribution in [3.8, 4) is 0 Å². The van der Waals surface area contributed by atoms with Crippen molar-refractivity contribution in [3.05, 3.63) is 0 Å². The summed E-state index contributed by atoms with van der Waals surface area (Å²) in [4.78, 5) is 2.75. The predicted molar refractivity (Wildman–Crippen MR) is 96.2 cm³/mol. The number of nitrogens with zero attached hydrogens (tertiary/aromatic N) is 1. The van der Waals surface area contributed by atoms with E-state index in [4.69, 9.17) is 0 Å². The molecule has 3 heteroatoms. The Labute approximate surface area is 136 Å². The van der Waals surface area contributed by atoms with E-state index in [1.165, 1.54) is 64.0 Å². The number of hydrogen-bond acceptors (Lipinski definition) is 3. The number of hydrogen-bond donors (Lipinski definition) is 1. The van der Waals surface area contributed by atoms with Crippen molar-refractivity contribution in [2.75, 3.05) is 31.9 Å². The molecule has 2 aliphatic rings. The lowest BCUT2D eigenvalue weighted by molar-refractivity contribution is 0.134. The van der Waals surface area contributed by atoms with Crippen LogP contribution in [0.5, 0.6) is 0 Å². The van der Waals surface area contributed by atoms with Crippen LogP contribution in [-0.2, 0) is 0 Å². The molecule has 1 aliphatic carbocycles. The third kappa shape index (κ3) is 5.44. The smallest absolute Gasteiger partial charge is 0.0231 e. The second-order valence-corrected chi connectivity index (χ2v) is 9.55. The summed E-state index contributed by atoms with van der Waals surface area (Å²) in [6, 6.07) is 0.769. The highest BCUT2D eigenvalue weighted by Gasteiger charge is 2.33. The third-order valence-electron chi connectivity index (χ3n) is 5.32. The standard InChI is InChI=1S/C18H36N2S/c1-5-9-19-17-8-7-15(6-2)12-16(17)13-20-10-11-21-18(3,4)14-20/h15-17,19H,5-14H2,1-4H3. The molecule has 124 valence electrons. The molecule has 0 bridgehead atoms. The fraction of sp³-hybridized carbons (Fsp3) is 1.00. The Hall–Kier alpha value is 0.270. The SMILES string of the molecule is CCCNC1CCC(CC)CC1CN1CCSC(C)(C)C1. The van der Waals surface area contributed by atoms with E-state index in [9.17, 15) is 0 Å². The summed E-state index contributed by atoms with van der Waals surface area (Å²) in [5.41, 5.74) is 0. The number of rotatable bonds is 6. The normalized spacial score (nSPS) is 34.0. The topological polar surface area (TPSA) is 15.3 Å². The van der Waals surface area contributed by atoms with E-state index in [0.717, 1.165) is 17.9 Å². The van der Waals surface area contributed by atoms with Crippen molar-refractivity contribution in [3.63, 3.8) is 0 Å². The van der Waals surface area contributed by atoms with Gasteiger partial charge in [-0.2, -0.15) is 11.8 Å². The zero-order valence-corrected chi connectivity index (χ0v) is 15.5. The maximum atomic E-state index is 3.84. The van der Waals surface area contributed by atoms with Gasteiger partial charge in [-0.25, -0.2) is 0 Å². The molecule has 0 aromatic heterocycles. The molecule has 1 heterocycles. The Morgan fingerprint density at radius 2 is 2.05 bits per heavy atom. The van der Waals surface area contributed by atoms with E-state index < -0.39 is 0 Å². The first kappa shape index (κ1) is 17.6. The van der Waals surface area contributed by atoms with Gasteiger partial charge in [-0.15, -0.1) is 0 Å². The van der Waals surface area contributed by atoms with Crippen LogP contribution in [0.3, 0.4) is 0 Å². The Kier molecular flexibility index (Phi) is 6.89. The lowest BCUT2D eigenvalue weighted by Gasteiger charge is -2.43. The van der Waals surface area contributed by atoms with Gasteiger partial charge in [0.1, 0.15) is 0 Å². The molecule has 21 heavy (non-hydrogen) atoms. The molecule has 2 fully saturated rings. The van der Waals surface area contributed by atoms with Gasteiger partial charge >= 0.3 is 0 Å². The largest absolute Gasteiger partial charge is 0.314 e. The Morgan fingerprint density at radius 1 is 1.24 bits per heavy atom. The zero-order valence-electron chi connectivity index (χ0n) is 14.7. The number of nitrogens with one attached hydrogen (secondary N) is 1. The minimum Gasteiger partial charge on any atom is -0.314 e. The molecular formula is C18H36N2S. The van der Waals surface area contributed by atoms with Crippen LogP contribution in [0.1, 0.15) is 59.8 Å². The van der Waals surface area contributed by atoms with Crippen molar-refractivity contribution in [2.24, 2.45) is 11.8 Å². The van der Waals surface area contributed by atoms with Gasteiger partial charge in [-0.3, -0.25) is 0 Å². The van der Waals surface area contributed by atoms with Gasteiger partial charge in [0.15, 0.2) is 0 Å². The summed E-state index contributed by atoms with van der Waals surface area (Å²) in [6.07, 6.45) is 6.92. The van der Waals surface area contributed by atoms with Gasteiger partial charge in [-0.1, -0.05) is 20.3 Å². The molecule has 0 radical (unpaired) electrons. The molecule has 3 atom stereocenters. The molecule has 1 saturated heterocycles. The molecule has 2 nitrogen and oxygen atoms in total. The molecule has 1 N–H and O–H groups in total. The van der Waals surface area contributed by atoms with Crippen molar-refractivity contribution < 1.29 is 0 Å². The summed E-state index contributed by atoms with van der Waals surface area (Å²) in [5.74, 6) is 3.15. The summed E-state index contributed by atoms with van der Waals surface area (Å²) in [6.45, 7) is 14.6. The van der Waals surface area contributed by atoms with Crippen LogP contribution in [0.25, 0.3) is 0 Å². The molecule has 0 amide bonds. The average Bonchev–Trinajstić information content (AvgIpc) is 2.45. The Bertz CT molecular complexity index is 306. The van der Waals surface area contributed by atoms with Crippen molar-refractivity contribution in [1.29, 1.82) is 0 Å². The molecule has 0 aromatic carbocycles. The minimum absolute atomic E-state index is 0.448. The van der Waals surface area contributed by atoms with Crippen molar-refractivity contribution >= 4 is 11.8 Å². The van der Waals surface area contributed by atoms with Gasteiger partial charge in [0.25, 0.3) is 0 Å². The molecule has 3 unspecified atom stereocenters. The second-order valence-electron chi connectivity index (χ2n) is 7.75. The van der Waals surface area contributed by atoms with Gasteiger partial charge in [0.05, 0.1) is 0 Å². The second kappa shape index (κ2) is 8.21. The van der Waals surface area contributed by atoms with E-state index in [2.05, 4.69) is 49.7 Å². The zero-order chi connectivity index (χ0) is 15.3. The number of thioether (sulfide) groups is 1. The van der Waals surface area contributed by atoms with Gasteiger partial charge < -0.3 is 10.2 Å². The highest BCUT2D eigenvalue weighted by Crippen LogP contribution is 2.34. The summed E-state index contributed by atoms with van der Waals surface area (Å²) in [7, 11) is 0. The van der Waals surface area contributed by atoms with Crippen LogP contribution in [0.4, 0.5) is 0 Å². The average molecular weight is 313 g/mol. The van der Waals surface area contributed by atoms with Crippen LogP contribution in [0, 0.1) is 11.8 Å². The quantitative estimate of drug-likeness (QED) is 0.798. The van der Waals surface area contributed by atoms with E-state index >= 15 is 0 Å². The van der Waals surface area contributed by atoms with Crippen LogP contribution in [0.15, 0.2) is 0 Å². The molecule has 0 aromatic rings. The summed E-state index contributed by atoms with van der Waals surface area (Å²) >= 11 is 2.15. The lowest BCUT2D eigenvalue weighted by atomic mass is 9.76. The molecule has 0 spiro atoms. The Morgan fingerprint density at radius 3 is 2.71 bits per heavy atom. The van der Waals surface area contributed by atoms with E-state index in [1.54, 1.807) is 0 Å². The van der Waals surface area contributed by atoms with Gasteiger partial charge in [0, 0.05) is 36.2 Å². The van der Waals surface area contributed by atoms with Crippen LogP contribution in [0.2, 0.25) is 0 Å². The lowest BCUT2D eigenvalue weighted by Crippen LogP contribution is -2.50. The molecule has 2 rings (SSSR count). The molecule has 1 saturated carbocycles. The van der Waals surface area contributed by atoms with Gasteiger partial charge in [0.2, 0.25) is 0 Å². The third-order valence-corrected chi connectivity index (χ3v) is 6.62. The molecular weight excluding hydrogens is 276 g/mol.